The molecule has 1 amide bonds. The number of hydrogen-bond donors (Lipinski definition) is 1. The smallest absolute Gasteiger partial charge is 0.347 e. The van der Waals surface area contributed by atoms with Crippen LogP contribution in [0.5, 0.6) is 0 Å². The Morgan fingerprint density at radius 3 is 2.26 bits per heavy atom. The molecule has 7 heteroatoms. The zero-order chi connectivity index (χ0) is 20.2. The van der Waals surface area contributed by atoms with Crippen LogP contribution in [0.4, 0.5) is 13.2 Å². The van der Waals surface area contributed by atoms with Crippen LogP contribution in [0.15, 0.2) is 47.4 Å². The number of nitrogens with one attached hydrogen (secondary N) is 1. The van der Waals surface area contributed by atoms with Crippen molar-refractivity contribution < 1.29 is 18.0 Å². The van der Waals surface area contributed by atoms with E-state index in [0.717, 1.165) is 22.6 Å². The van der Waals surface area contributed by atoms with E-state index in [4.69, 9.17) is 0 Å². The highest BCUT2D eigenvalue weighted by Crippen LogP contribution is 2.28. The van der Waals surface area contributed by atoms with E-state index in [0.29, 0.717) is 12.3 Å². The first-order valence-electron chi connectivity index (χ1n) is 8.77. The predicted octanol–water partition coefficient (Wildman–Crippen LogP) is 3.94. The molecule has 0 saturated carbocycles. The molecule has 1 aromatic heterocycles. The molecule has 0 aliphatic carbocycles. The van der Waals surface area contributed by atoms with Gasteiger partial charge in [0.2, 0.25) is 5.91 Å². The van der Waals surface area contributed by atoms with Crippen LogP contribution >= 0.6 is 0 Å². The second-order valence-electron chi connectivity index (χ2n) is 6.77. The average Bonchev–Trinajstić information content (AvgIpc) is 2.60. The van der Waals surface area contributed by atoms with Crippen LogP contribution in [0.25, 0.3) is 0 Å². The van der Waals surface area contributed by atoms with E-state index in [2.05, 4.69) is 5.32 Å². The predicted molar refractivity (Wildman–Crippen MR) is 97.2 cm³/mol. The van der Waals surface area contributed by atoms with Gasteiger partial charge in [-0.15, -0.1) is 0 Å². The van der Waals surface area contributed by atoms with Crippen LogP contribution in [0, 0.1) is 5.92 Å². The minimum Gasteiger partial charge on any atom is -0.347 e. The molecular formula is C20H23F3N2O2. The third-order valence-electron chi connectivity index (χ3n) is 4.35. The van der Waals surface area contributed by atoms with Crippen molar-refractivity contribution in [2.24, 2.45) is 5.92 Å². The van der Waals surface area contributed by atoms with Gasteiger partial charge >= 0.3 is 6.18 Å². The van der Waals surface area contributed by atoms with Crippen molar-refractivity contribution in [1.29, 1.82) is 0 Å². The fourth-order valence-electron chi connectivity index (χ4n) is 2.79. The Morgan fingerprint density at radius 1 is 1.11 bits per heavy atom. The Kier molecular flexibility index (Phi) is 6.46. The first-order chi connectivity index (χ1) is 12.6. The Labute approximate surface area is 156 Å². The Balaban J connectivity index is 2.18. The van der Waals surface area contributed by atoms with E-state index >= 15 is 0 Å². The summed E-state index contributed by atoms with van der Waals surface area (Å²) in [6, 6.07) is 9.05. The van der Waals surface area contributed by atoms with Gasteiger partial charge in [0.05, 0.1) is 11.6 Å². The van der Waals surface area contributed by atoms with Crippen LogP contribution < -0.4 is 10.9 Å². The summed E-state index contributed by atoms with van der Waals surface area (Å²) >= 11 is 0. The largest absolute Gasteiger partial charge is 0.417 e. The minimum absolute atomic E-state index is 0.0691. The molecule has 1 atom stereocenters. The van der Waals surface area contributed by atoms with Crippen LogP contribution in [-0.2, 0) is 23.9 Å². The summed E-state index contributed by atoms with van der Waals surface area (Å²) in [4.78, 5) is 24.2. The molecule has 0 spiro atoms. The van der Waals surface area contributed by atoms with Gasteiger partial charge < -0.3 is 9.88 Å². The number of benzene rings is 1. The number of hydrogen-bond acceptors (Lipinski definition) is 2. The molecule has 4 nitrogen and oxygen atoms in total. The van der Waals surface area contributed by atoms with Gasteiger partial charge in [-0.25, -0.2) is 0 Å². The number of nitrogens with zero attached hydrogens (tertiary/aromatic N) is 1. The maximum atomic E-state index is 12.8. The highest BCUT2D eigenvalue weighted by atomic mass is 19.4. The van der Waals surface area contributed by atoms with Crippen LogP contribution in [-0.4, -0.2) is 10.5 Å². The van der Waals surface area contributed by atoms with Crippen LogP contribution in [0.3, 0.4) is 0 Å². The third kappa shape index (κ3) is 5.45. The SMILES string of the molecule is CCc1ccc([C@H](NC(=O)Cn2cc(C(F)(F)F)ccc2=O)C(C)C)cc1. The number of pyridine rings is 1. The molecular weight excluding hydrogens is 357 g/mol. The van der Waals surface area contributed by atoms with Crippen molar-refractivity contribution in [3.8, 4) is 0 Å². The molecule has 2 rings (SSSR count). The van der Waals surface area contributed by atoms with E-state index in [1.165, 1.54) is 5.56 Å². The monoisotopic (exact) mass is 380 g/mol. The number of rotatable bonds is 6. The topological polar surface area (TPSA) is 51.1 Å². The van der Waals surface area contributed by atoms with Gasteiger partial charge in [0.1, 0.15) is 6.54 Å². The molecule has 146 valence electrons. The molecule has 0 aliphatic heterocycles. The summed E-state index contributed by atoms with van der Waals surface area (Å²) in [6.45, 7) is 5.45. The average molecular weight is 380 g/mol. The molecule has 2 aromatic rings. The number of carbonyl (C=O) groups is 1. The van der Waals surface area contributed by atoms with Crippen molar-refractivity contribution >= 4 is 5.91 Å². The van der Waals surface area contributed by atoms with Gasteiger partial charge in [0, 0.05) is 12.3 Å². The minimum atomic E-state index is -4.58. The Morgan fingerprint density at radius 2 is 1.74 bits per heavy atom. The Hall–Kier alpha value is -2.57. The molecule has 0 unspecified atom stereocenters. The molecule has 0 bridgehead atoms. The number of amides is 1. The number of alkyl halides is 3. The third-order valence-corrected chi connectivity index (χ3v) is 4.35. The highest BCUT2D eigenvalue weighted by molar-refractivity contribution is 5.76. The summed E-state index contributed by atoms with van der Waals surface area (Å²) in [5.41, 5.74) is 0.451. The van der Waals surface area contributed by atoms with Crippen molar-refractivity contribution in [1.82, 2.24) is 9.88 Å². The van der Waals surface area contributed by atoms with Gasteiger partial charge in [0.15, 0.2) is 0 Å². The zero-order valence-corrected chi connectivity index (χ0v) is 15.5. The number of halogens is 3. The lowest BCUT2D eigenvalue weighted by atomic mass is 9.95. The molecule has 0 saturated heterocycles. The molecule has 1 heterocycles. The van der Waals surface area contributed by atoms with Crippen molar-refractivity contribution in [2.45, 2.75) is 46.0 Å². The summed E-state index contributed by atoms with van der Waals surface area (Å²) < 4.78 is 39.2. The first kappa shape index (κ1) is 20.7. The maximum absolute atomic E-state index is 12.8. The van der Waals surface area contributed by atoms with Gasteiger partial charge in [-0.3, -0.25) is 9.59 Å². The summed E-state index contributed by atoms with van der Waals surface area (Å²) in [6.07, 6.45) is -3.01. The van der Waals surface area contributed by atoms with E-state index in [9.17, 15) is 22.8 Å². The van der Waals surface area contributed by atoms with E-state index < -0.39 is 29.8 Å². The van der Waals surface area contributed by atoms with Gasteiger partial charge in [-0.05, 0) is 29.5 Å². The van der Waals surface area contributed by atoms with Gasteiger partial charge in [-0.1, -0.05) is 45.0 Å². The van der Waals surface area contributed by atoms with E-state index in [1.54, 1.807) is 0 Å². The lowest BCUT2D eigenvalue weighted by Gasteiger charge is -2.23. The number of carbonyl (C=O) groups excluding carboxylic acids is 1. The standard InChI is InChI=1S/C20H23F3N2O2/c1-4-14-5-7-15(8-6-14)19(13(2)3)24-17(26)12-25-11-16(20(21,22)23)9-10-18(25)27/h5-11,13,19H,4,12H2,1-3H3,(H,24,26)/t19-/m1/s1. The maximum Gasteiger partial charge on any atom is 0.417 e. The normalized spacial score (nSPS) is 12.9. The molecule has 1 aromatic carbocycles. The van der Waals surface area contributed by atoms with Crippen LogP contribution in [0.1, 0.15) is 43.5 Å². The fourth-order valence-corrected chi connectivity index (χ4v) is 2.79. The van der Waals surface area contributed by atoms with Crippen LogP contribution in [0.2, 0.25) is 0 Å². The van der Waals surface area contributed by atoms with Crippen molar-refractivity contribution in [2.75, 3.05) is 0 Å². The second-order valence-corrected chi connectivity index (χ2v) is 6.77. The van der Waals surface area contributed by atoms with Crippen molar-refractivity contribution in [3.63, 3.8) is 0 Å². The lowest BCUT2D eigenvalue weighted by molar-refractivity contribution is -0.138. The molecule has 0 fully saturated rings. The fraction of sp³-hybridized carbons (Fsp3) is 0.400. The summed E-state index contributed by atoms with van der Waals surface area (Å²) in [7, 11) is 0. The van der Waals surface area contributed by atoms with E-state index in [-0.39, 0.29) is 12.0 Å². The lowest BCUT2D eigenvalue weighted by Crippen LogP contribution is -2.36. The number of aromatic nitrogens is 1. The highest BCUT2D eigenvalue weighted by Gasteiger charge is 2.31. The summed E-state index contributed by atoms with van der Waals surface area (Å²) in [5.74, 6) is -0.450. The quantitative estimate of drug-likeness (QED) is 0.825. The molecule has 27 heavy (non-hydrogen) atoms. The van der Waals surface area contributed by atoms with Gasteiger partial charge in [-0.2, -0.15) is 13.2 Å². The van der Waals surface area contributed by atoms with E-state index in [1.807, 2.05) is 45.0 Å². The molecule has 0 aliphatic rings. The van der Waals surface area contributed by atoms with Gasteiger partial charge in [0.25, 0.3) is 5.56 Å². The number of aryl methyl sites for hydroxylation is 1. The molecule has 1 N–H and O–H groups in total. The second kappa shape index (κ2) is 8.41. The van der Waals surface area contributed by atoms with Crippen molar-refractivity contribution in [3.05, 3.63) is 69.6 Å². The molecule has 0 radical (unpaired) electrons. The Bertz CT molecular complexity index is 840. The first-order valence-corrected chi connectivity index (χ1v) is 8.77. The zero-order valence-electron chi connectivity index (χ0n) is 15.5. The summed E-state index contributed by atoms with van der Waals surface area (Å²) in [5, 5.41) is 2.82.